The first kappa shape index (κ1) is 23.1. The normalized spacial score (nSPS) is 18.5. The first-order valence-electron chi connectivity index (χ1n) is 5.87. The van der Waals surface area contributed by atoms with Crippen LogP contribution in [0.3, 0.4) is 0 Å². The van der Waals surface area contributed by atoms with Crippen molar-refractivity contribution in [2.24, 2.45) is 5.41 Å². The number of piperidine rings is 1. The Morgan fingerprint density at radius 3 is 1.65 bits per heavy atom. The first-order chi connectivity index (χ1) is 6.91. The summed E-state index contributed by atoms with van der Waals surface area (Å²) < 4.78 is 0. The van der Waals surface area contributed by atoms with Crippen molar-refractivity contribution < 1.29 is 32.7 Å². The Bertz CT molecular complexity index is 146. The molecule has 0 aliphatic carbocycles. The molecule has 0 bridgehead atoms. The van der Waals surface area contributed by atoms with E-state index in [0.717, 1.165) is 13.1 Å². The molecule has 0 N–H and O–H groups in total. The van der Waals surface area contributed by atoms with Crippen LogP contribution >= 0.6 is 0 Å². The molecule has 0 saturated carbocycles. The van der Waals surface area contributed by atoms with Gasteiger partial charge in [0.05, 0.1) is 0 Å². The molecule has 0 radical (unpaired) electrons. The number of nitrogens with zero attached hydrogens (tertiary/aromatic N) is 2. The van der Waals surface area contributed by atoms with E-state index in [1.807, 2.05) is 11.9 Å². The third-order valence-electron chi connectivity index (χ3n) is 3.10. The van der Waals surface area contributed by atoms with Crippen molar-refractivity contribution >= 4 is 0 Å². The predicted octanol–water partition coefficient (Wildman–Crippen LogP) is 2.77. The molecule has 0 unspecified atom stereocenters. The standard InChI is InChI=1S/C8H17N.C5H11N.CH3.Y/c1-8(2)4-6-9(3)7-5-8;1-4-6(3)5-2;;/h4-7H2,1-3H3;1-2,4-5H2,3H3;1H3;/q;-2;-1;+3. The number of likely N-dealkylation sites (tertiary alicyclic amines) is 1. The Morgan fingerprint density at radius 1 is 1.12 bits per heavy atom. The van der Waals surface area contributed by atoms with Crippen molar-refractivity contribution in [2.75, 3.05) is 40.3 Å². The summed E-state index contributed by atoms with van der Waals surface area (Å²) in [6.45, 7) is 16.3. The van der Waals surface area contributed by atoms with Crippen LogP contribution in [0.25, 0.3) is 0 Å². The molecule has 1 heterocycles. The van der Waals surface area contributed by atoms with Gasteiger partial charge in [-0.05, 0) is 45.4 Å². The summed E-state index contributed by atoms with van der Waals surface area (Å²) in [4.78, 5) is 4.44. The van der Waals surface area contributed by atoms with Gasteiger partial charge >= 0.3 is 32.7 Å². The second-order valence-electron chi connectivity index (χ2n) is 5.27. The van der Waals surface area contributed by atoms with E-state index in [2.05, 4.69) is 39.6 Å². The number of rotatable bonds is 2. The zero-order chi connectivity index (χ0) is 11.9. The molecular formula is C14H31N2Y. The van der Waals surface area contributed by atoms with Gasteiger partial charge in [0.2, 0.25) is 0 Å². The minimum atomic E-state index is 0. The molecule has 0 atom stereocenters. The average molecular weight is 316 g/mol. The Balaban J connectivity index is -0.000000221. The topological polar surface area (TPSA) is 6.48 Å². The zero-order valence-corrected chi connectivity index (χ0v) is 15.5. The van der Waals surface area contributed by atoms with Gasteiger partial charge in [0.25, 0.3) is 0 Å². The summed E-state index contributed by atoms with van der Waals surface area (Å²) in [5.74, 6) is 0. The van der Waals surface area contributed by atoms with Gasteiger partial charge in [-0.3, -0.25) is 0 Å². The molecule has 100 valence electrons. The molecule has 0 aromatic heterocycles. The average Bonchev–Trinajstić information content (AvgIpc) is 2.22. The van der Waals surface area contributed by atoms with Crippen molar-refractivity contribution in [3.8, 4) is 0 Å². The Hall–Kier alpha value is 1.02. The molecule has 1 aliphatic rings. The van der Waals surface area contributed by atoms with E-state index in [1.165, 1.54) is 25.9 Å². The van der Waals surface area contributed by atoms with Gasteiger partial charge in [-0.2, -0.15) is 0 Å². The maximum Gasteiger partial charge on any atom is 3.00 e. The Morgan fingerprint density at radius 2 is 1.47 bits per heavy atom. The molecular weight excluding hydrogens is 285 g/mol. The fourth-order valence-corrected chi connectivity index (χ4v) is 1.34. The van der Waals surface area contributed by atoms with E-state index in [4.69, 9.17) is 0 Å². The number of hydrogen-bond acceptors (Lipinski definition) is 2. The van der Waals surface area contributed by atoms with Gasteiger partial charge in [-0.1, -0.05) is 13.8 Å². The minimum absolute atomic E-state index is 0. The van der Waals surface area contributed by atoms with Crippen LogP contribution in [0.2, 0.25) is 0 Å². The third-order valence-corrected chi connectivity index (χ3v) is 3.10. The van der Waals surface area contributed by atoms with E-state index in [9.17, 15) is 0 Å². The van der Waals surface area contributed by atoms with E-state index in [-0.39, 0.29) is 40.1 Å². The molecule has 2 nitrogen and oxygen atoms in total. The van der Waals surface area contributed by atoms with Crippen LogP contribution < -0.4 is 0 Å². The quantitative estimate of drug-likeness (QED) is 0.723. The van der Waals surface area contributed by atoms with Gasteiger partial charge in [0.1, 0.15) is 0 Å². The van der Waals surface area contributed by atoms with Crippen LogP contribution in [0.1, 0.15) is 26.7 Å². The molecule has 17 heavy (non-hydrogen) atoms. The molecule has 1 fully saturated rings. The van der Waals surface area contributed by atoms with E-state index in [0.29, 0.717) is 5.41 Å². The van der Waals surface area contributed by atoms with Crippen molar-refractivity contribution in [1.82, 2.24) is 9.80 Å². The van der Waals surface area contributed by atoms with Crippen molar-refractivity contribution in [2.45, 2.75) is 26.7 Å². The summed E-state index contributed by atoms with van der Waals surface area (Å²) in [6.07, 6.45) is 2.73. The summed E-state index contributed by atoms with van der Waals surface area (Å²) >= 11 is 0. The second kappa shape index (κ2) is 12.1. The summed E-state index contributed by atoms with van der Waals surface area (Å²) in [5, 5.41) is 0. The van der Waals surface area contributed by atoms with E-state index < -0.39 is 0 Å². The SMILES string of the molecule is CN1CCC(C)(C)CC1.[CH2-]CN(C)C[CH2-].[CH3-].[Y+3]. The number of hydrogen-bond donors (Lipinski definition) is 0. The second-order valence-corrected chi connectivity index (χ2v) is 5.27. The molecule has 0 aromatic carbocycles. The van der Waals surface area contributed by atoms with Crippen LogP contribution in [0.5, 0.6) is 0 Å². The van der Waals surface area contributed by atoms with E-state index >= 15 is 0 Å². The third kappa shape index (κ3) is 13.3. The smallest absolute Gasteiger partial charge is 0.365 e. The molecule has 0 aromatic rings. The molecule has 0 spiro atoms. The summed E-state index contributed by atoms with van der Waals surface area (Å²) in [6, 6.07) is 0. The molecule has 1 aliphatic heterocycles. The predicted molar refractivity (Wildman–Crippen MR) is 75.1 cm³/mol. The zero-order valence-electron chi connectivity index (χ0n) is 12.6. The van der Waals surface area contributed by atoms with Crippen molar-refractivity contribution in [3.05, 3.63) is 21.3 Å². The largest absolute Gasteiger partial charge is 3.00 e. The fourth-order valence-electron chi connectivity index (χ4n) is 1.34. The minimum Gasteiger partial charge on any atom is -0.365 e. The van der Waals surface area contributed by atoms with Gasteiger partial charge in [-0.15, -0.1) is 13.1 Å². The molecule has 1 saturated heterocycles. The summed E-state index contributed by atoms with van der Waals surface area (Å²) in [5.41, 5.74) is 0.618. The van der Waals surface area contributed by atoms with Gasteiger partial charge in [-0.25, -0.2) is 0 Å². The van der Waals surface area contributed by atoms with E-state index in [1.54, 1.807) is 0 Å². The molecule has 1 rings (SSSR count). The fraction of sp³-hybridized carbons (Fsp3) is 0.786. The maximum absolute atomic E-state index is 3.64. The molecule has 3 heteroatoms. The van der Waals surface area contributed by atoms with Gasteiger partial charge in [0.15, 0.2) is 0 Å². The summed E-state index contributed by atoms with van der Waals surface area (Å²) in [7, 11) is 4.19. The maximum atomic E-state index is 3.64. The first-order valence-corrected chi connectivity index (χ1v) is 5.87. The van der Waals surface area contributed by atoms with Crippen LogP contribution in [0, 0.1) is 26.7 Å². The van der Waals surface area contributed by atoms with Crippen LogP contribution in [-0.2, 0) is 32.7 Å². The monoisotopic (exact) mass is 316 g/mol. The molecule has 0 amide bonds. The Labute approximate surface area is 135 Å². The Kier molecular flexibility index (Phi) is 16.4. The van der Waals surface area contributed by atoms with Crippen molar-refractivity contribution in [3.63, 3.8) is 0 Å². The van der Waals surface area contributed by atoms with Crippen LogP contribution in [-0.4, -0.2) is 50.1 Å². The van der Waals surface area contributed by atoms with Crippen LogP contribution in [0.15, 0.2) is 0 Å². The van der Waals surface area contributed by atoms with Crippen LogP contribution in [0.4, 0.5) is 0 Å². The van der Waals surface area contributed by atoms with Gasteiger partial charge in [0, 0.05) is 0 Å². The van der Waals surface area contributed by atoms with Gasteiger partial charge < -0.3 is 31.1 Å². The van der Waals surface area contributed by atoms with Crippen molar-refractivity contribution in [1.29, 1.82) is 0 Å².